The van der Waals surface area contributed by atoms with Gasteiger partial charge in [0.1, 0.15) is 23.0 Å². The maximum Gasteiger partial charge on any atom is 0.263 e. The van der Waals surface area contributed by atoms with Crippen LogP contribution < -0.4 is 10.5 Å². The van der Waals surface area contributed by atoms with Crippen molar-refractivity contribution in [2.24, 2.45) is 0 Å². The maximum absolute atomic E-state index is 13.9. The quantitative estimate of drug-likeness (QED) is 0.656. The van der Waals surface area contributed by atoms with Gasteiger partial charge < -0.3 is 14.4 Å². The summed E-state index contributed by atoms with van der Waals surface area (Å²) in [5.41, 5.74) is 1.32. The first-order chi connectivity index (χ1) is 15.1. The molecule has 6 nitrogen and oxygen atoms in total. The van der Waals surface area contributed by atoms with Crippen molar-refractivity contribution in [3.05, 3.63) is 99.7 Å². The highest BCUT2D eigenvalue weighted by Gasteiger charge is 2.26. The van der Waals surface area contributed by atoms with Crippen molar-refractivity contribution >= 4 is 11.6 Å². The van der Waals surface area contributed by atoms with Crippen LogP contribution in [-0.2, 0) is 6.54 Å². The molecule has 7 heteroatoms. The van der Waals surface area contributed by atoms with Gasteiger partial charge in [-0.3, -0.25) is 9.59 Å². The van der Waals surface area contributed by atoms with Crippen LogP contribution >= 0.6 is 0 Å². The number of piperazine rings is 1. The Kier molecular flexibility index (Phi) is 5.80. The third kappa shape index (κ3) is 4.19. The number of amides is 1. The van der Waals surface area contributed by atoms with Crippen LogP contribution in [0.15, 0.2) is 71.7 Å². The molecule has 1 amide bonds. The van der Waals surface area contributed by atoms with Crippen LogP contribution in [0.1, 0.15) is 21.5 Å². The molecule has 0 aliphatic carbocycles. The first-order valence-electron chi connectivity index (χ1n) is 10.0. The predicted molar refractivity (Wildman–Crippen MR) is 115 cm³/mol. The Hall–Kier alpha value is -3.92. The molecule has 2 aromatic carbocycles. The Morgan fingerprint density at radius 1 is 0.968 bits per heavy atom. The predicted octanol–water partition coefficient (Wildman–Crippen LogP) is 2.87. The van der Waals surface area contributed by atoms with Gasteiger partial charge in [-0.05, 0) is 29.8 Å². The molecule has 0 atom stereocenters. The van der Waals surface area contributed by atoms with Gasteiger partial charge in [0, 0.05) is 32.4 Å². The van der Waals surface area contributed by atoms with Crippen LogP contribution in [-0.4, -0.2) is 41.6 Å². The molecule has 31 heavy (non-hydrogen) atoms. The van der Waals surface area contributed by atoms with Gasteiger partial charge in [0.25, 0.3) is 11.5 Å². The smallest absolute Gasteiger partial charge is 0.263 e. The first kappa shape index (κ1) is 20.4. The Bertz CT molecular complexity index is 1190. The van der Waals surface area contributed by atoms with E-state index in [2.05, 4.69) is 0 Å². The van der Waals surface area contributed by atoms with E-state index in [1.807, 2.05) is 41.3 Å². The lowest BCUT2D eigenvalue weighted by molar-refractivity contribution is 0.0744. The molecular formula is C24H21FN4O2. The van der Waals surface area contributed by atoms with Crippen molar-refractivity contribution in [2.45, 2.75) is 6.54 Å². The van der Waals surface area contributed by atoms with Crippen LogP contribution in [0.2, 0.25) is 0 Å². The number of aromatic nitrogens is 1. The van der Waals surface area contributed by atoms with E-state index in [1.54, 1.807) is 35.4 Å². The SMILES string of the molecule is N#Cc1c(F)cccc1N1CCN(C(=O)c2cccn(Cc3ccccc3)c2=O)CC1. The van der Waals surface area contributed by atoms with E-state index in [0.29, 0.717) is 38.4 Å². The van der Waals surface area contributed by atoms with Crippen molar-refractivity contribution in [1.82, 2.24) is 9.47 Å². The lowest BCUT2D eigenvalue weighted by Gasteiger charge is -2.36. The normalized spacial score (nSPS) is 13.7. The highest BCUT2D eigenvalue weighted by atomic mass is 19.1. The molecule has 156 valence electrons. The van der Waals surface area contributed by atoms with Crippen molar-refractivity contribution in [3.63, 3.8) is 0 Å². The summed E-state index contributed by atoms with van der Waals surface area (Å²) in [4.78, 5) is 29.4. The Morgan fingerprint density at radius 3 is 2.42 bits per heavy atom. The van der Waals surface area contributed by atoms with Crippen LogP contribution in [0.4, 0.5) is 10.1 Å². The minimum absolute atomic E-state index is 0.00846. The van der Waals surface area contributed by atoms with E-state index in [9.17, 15) is 19.2 Å². The van der Waals surface area contributed by atoms with Gasteiger partial charge in [-0.15, -0.1) is 0 Å². The number of pyridine rings is 1. The van der Waals surface area contributed by atoms with E-state index in [0.717, 1.165) is 5.56 Å². The monoisotopic (exact) mass is 416 g/mol. The molecule has 0 N–H and O–H groups in total. The molecule has 2 heterocycles. The molecule has 1 fully saturated rings. The molecule has 0 unspecified atom stereocenters. The lowest BCUT2D eigenvalue weighted by Crippen LogP contribution is -2.50. The number of carbonyl (C=O) groups is 1. The second-order valence-corrected chi connectivity index (χ2v) is 7.37. The van der Waals surface area contributed by atoms with Crippen LogP contribution in [0.3, 0.4) is 0 Å². The van der Waals surface area contributed by atoms with Gasteiger partial charge >= 0.3 is 0 Å². The number of anilines is 1. The van der Waals surface area contributed by atoms with E-state index in [4.69, 9.17) is 0 Å². The largest absolute Gasteiger partial charge is 0.367 e. The van der Waals surface area contributed by atoms with E-state index >= 15 is 0 Å². The number of hydrogen-bond donors (Lipinski definition) is 0. The van der Waals surface area contributed by atoms with E-state index in [-0.39, 0.29) is 22.6 Å². The standard InChI is InChI=1S/C24H21FN4O2/c25-21-9-4-10-22(20(21)16-26)27-12-14-28(15-13-27)23(30)19-8-5-11-29(24(19)31)17-18-6-2-1-3-7-18/h1-11H,12-15,17H2. The summed E-state index contributed by atoms with van der Waals surface area (Å²) in [5, 5.41) is 9.26. The number of nitriles is 1. The van der Waals surface area contributed by atoms with Crippen LogP contribution in [0, 0.1) is 17.1 Å². The molecule has 1 aromatic heterocycles. The van der Waals surface area contributed by atoms with Gasteiger partial charge in [0.05, 0.1) is 12.2 Å². The minimum Gasteiger partial charge on any atom is -0.367 e. The second kappa shape index (κ2) is 8.84. The fourth-order valence-corrected chi connectivity index (χ4v) is 3.81. The molecular weight excluding hydrogens is 395 g/mol. The first-order valence-corrected chi connectivity index (χ1v) is 10.0. The highest BCUT2D eigenvalue weighted by Crippen LogP contribution is 2.24. The van der Waals surface area contributed by atoms with Crippen molar-refractivity contribution in [3.8, 4) is 6.07 Å². The summed E-state index contributed by atoms with van der Waals surface area (Å²) in [7, 11) is 0. The minimum atomic E-state index is -0.554. The Morgan fingerprint density at radius 2 is 1.71 bits per heavy atom. The number of rotatable bonds is 4. The van der Waals surface area contributed by atoms with Crippen molar-refractivity contribution in [2.75, 3.05) is 31.1 Å². The van der Waals surface area contributed by atoms with Gasteiger partial charge in [-0.2, -0.15) is 5.26 Å². The van der Waals surface area contributed by atoms with Crippen LogP contribution in [0.5, 0.6) is 0 Å². The summed E-state index contributed by atoms with van der Waals surface area (Å²) in [6, 6.07) is 19.3. The molecule has 1 saturated heterocycles. The van der Waals surface area contributed by atoms with E-state index in [1.165, 1.54) is 10.6 Å². The average Bonchev–Trinajstić information content (AvgIpc) is 2.81. The van der Waals surface area contributed by atoms with Crippen molar-refractivity contribution in [1.29, 1.82) is 5.26 Å². The summed E-state index contributed by atoms with van der Waals surface area (Å²) < 4.78 is 15.5. The molecule has 1 aliphatic rings. The van der Waals surface area contributed by atoms with E-state index < -0.39 is 5.82 Å². The molecule has 0 radical (unpaired) electrons. The average molecular weight is 416 g/mol. The summed E-state index contributed by atoms with van der Waals surface area (Å²) in [5.74, 6) is -0.867. The van der Waals surface area contributed by atoms with Gasteiger partial charge in [-0.25, -0.2) is 4.39 Å². The Balaban J connectivity index is 1.48. The number of carbonyl (C=O) groups excluding carboxylic acids is 1. The topological polar surface area (TPSA) is 69.3 Å². The third-order valence-electron chi connectivity index (χ3n) is 5.46. The summed E-state index contributed by atoms with van der Waals surface area (Å²) in [6.07, 6.45) is 1.68. The summed E-state index contributed by atoms with van der Waals surface area (Å²) in [6.45, 7) is 2.06. The van der Waals surface area contributed by atoms with Gasteiger partial charge in [0.15, 0.2) is 0 Å². The maximum atomic E-state index is 13.9. The zero-order chi connectivity index (χ0) is 21.8. The number of benzene rings is 2. The Labute approximate surface area is 179 Å². The molecule has 3 aromatic rings. The zero-order valence-corrected chi connectivity index (χ0v) is 16.9. The molecule has 0 spiro atoms. The van der Waals surface area contributed by atoms with Gasteiger partial charge in [-0.1, -0.05) is 36.4 Å². The highest BCUT2D eigenvalue weighted by molar-refractivity contribution is 5.94. The fourth-order valence-electron chi connectivity index (χ4n) is 3.81. The lowest BCUT2D eigenvalue weighted by atomic mass is 10.1. The molecule has 0 saturated carbocycles. The number of hydrogen-bond acceptors (Lipinski definition) is 4. The second-order valence-electron chi connectivity index (χ2n) is 7.37. The number of nitrogens with zero attached hydrogens (tertiary/aromatic N) is 4. The zero-order valence-electron chi connectivity index (χ0n) is 16.9. The third-order valence-corrected chi connectivity index (χ3v) is 5.46. The molecule has 4 rings (SSSR count). The summed E-state index contributed by atoms with van der Waals surface area (Å²) >= 11 is 0. The number of halogens is 1. The molecule has 1 aliphatic heterocycles. The van der Waals surface area contributed by atoms with Crippen LogP contribution in [0.25, 0.3) is 0 Å². The fraction of sp³-hybridized carbons (Fsp3) is 0.208. The van der Waals surface area contributed by atoms with Gasteiger partial charge in [0.2, 0.25) is 0 Å². The molecule has 0 bridgehead atoms. The van der Waals surface area contributed by atoms with Crippen molar-refractivity contribution < 1.29 is 9.18 Å².